The van der Waals surface area contributed by atoms with Crippen molar-refractivity contribution in [1.82, 2.24) is 19.3 Å². The summed E-state index contributed by atoms with van der Waals surface area (Å²) >= 11 is 6.13. The molecule has 1 amide bonds. The van der Waals surface area contributed by atoms with E-state index in [9.17, 15) is 9.59 Å². The van der Waals surface area contributed by atoms with Crippen LogP contribution >= 0.6 is 24.0 Å². The number of aromatic nitrogens is 3. The molecule has 2 aliphatic heterocycles. The molecule has 35 heavy (non-hydrogen) atoms. The van der Waals surface area contributed by atoms with Crippen LogP contribution in [-0.4, -0.2) is 45.5 Å². The van der Waals surface area contributed by atoms with Gasteiger partial charge in [0.25, 0.3) is 11.5 Å². The Balaban J connectivity index is 0.00000253. The summed E-state index contributed by atoms with van der Waals surface area (Å²) in [6.07, 6.45) is 3.31. The Morgan fingerprint density at radius 2 is 1.91 bits per heavy atom. The molecule has 8 nitrogen and oxygen atoms in total. The van der Waals surface area contributed by atoms with E-state index in [1.54, 1.807) is 24.3 Å². The van der Waals surface area contributed by atoms with Crippen molar-refractivity contribution in [2.45, 2.75) is 31.8 Å². The molecule has 0 bridgehead atoms. The first-order chi connectivity index (χ1) is 16.5. The van der Waals surface area contributed by atoms with Gasteiger partial charge in [-0.15, -0.1) is 12.4 Å². The molecular weight excluding hydrogens is 491 g/mol. The normalized spacial score (nSPS) is 15.9. The fraction of sp³-hybridized carbons (Fsp3) is 0.320. The molecule has 2 aliphatic rings. The number of imidazole rings is 1. The number of hydrogen-bond acceptors (Lipinski definition) is 5. The van der Waals surface area contributed by atoms with Crippen LogP contribution in [0.2, 0.25) is 5.02 Å². The Morgan fingerprint density at radius 1 is 1.14 bits per heavy atom. The molecule has 2 aromatic carbocycles. The van der Waals surface area contributed by atoms with Gasteiger partial charge in [0.05, 0.1) is 29.9 Å². The quantitative estimate of drug-likeness (QED) is 0.440. The number of fused-ring (bicyclic) bond motifs is 4. The molecule has 0 radical (unpaired) electrons. The van der Waals surface area contributed by atoms with Crippen molar-refractivity contribution in [3.05, 3.63) is 74.4 Å². The van der Waals surface area contributed by atoms with E-state index in [4.69, 9.17) is 21.1 Å². The highest BCUT2D eigenvalue weighted by molar-refractivity contribution is 6.30. The number of nitrogens with zero attached hydrogens (tertiary/aromatic N) is 3. The zero-order valence-electron chi connectivity index (χ0n) is 19.0. The van der Waals surface area contributed by atoms with E-state index in [2.05, 4.69) is 9.97 Å². The van der Waals surface area contributed by atoms with Crippen molar-refractivity contribution in [3.63, 3.8) is 0 Å². The van der Waals surface area contributed by atoms with Crippen LogP contribution in [0.1, 0.15) is 46.1 Å². The standard InChI is InChI=1S/C25H23ClN4O4.ClH/c1-33-22-10-20-19(9-18(22)25(32)29-12-15-2-3-17(26)8-16(15)13-29)28-24(31)21-11-27-23(30(20)21)14-4-6-34-7-5-14;/h2-3,8-11,14H,4-7,12-13H2,1H3,(H,28,31);1H. The third-order valence-corrected chi connectivity index (χ3v) is 7.06. The summed E-state index contributed by atoms with van der Waals surface area (Å²) in [5.41, 5.74) is 4.05. The summed E-state index contributed by atoms with van der Waals surface area (Å²) < 4.78 is 13.1. The Hall–Kier alpha value is -3.07. The van der Waals surface area contributed by atoms with Gasteiger partial charge in [-0.3, -0.25) is 14.0 Å². The molecule has 0 spiro atoms. The fourth-order valence-corrected chi connectivity index (χ4v) is 5.27. The Labute approximate surface area is 212 Å². The van der Waals surface area contributed by atoms with E-state index >= 15 is 0 Å². The van der Waals surface area contributed by atoms with Crippen LogP contribution in [0.15, 0.2) is 41.3 Å². The molecule has 1 saturated heterocycles. The van der Waals surface area contributed by atoms with E-state index in [-0.39, 0.29) is 29.8 Å². The second-order valence-corrected chi connectivity index (χ2v) is 9.26. The maximum Gasteiger partial charge on any atom is 0.274 e. The zero-order chi connectivity index (χ0) is 23.4. The number of rotatable bonds is 3. The molecule has 4 aromatic rings. The summed E-state index contributed by atoms with van der Waals surface area (Å²) in [5, 5.41) is 0.651. The number of halogens is 2. The molecule has 10 heteroatoms. The minimum Gasteiger partial charge on any atom is -0.496 e. The monoisotopic (exact) mass is 514 g/mol. The Kier molecular flexibility index (Phi) is 6.21. The molecular formula is C25H24Cl2N4O4. The van der Waals surface area contributed by atoms with E-state index in [1.807, 2.05) is 28.7 Å². The minimum atomic E-state index is -0.245. The fourth-order valence-electron chi connectivity index (χ4n) is 5.08. The second-order valence-electron chi connectivity index (χ2n) is 8.82. The van der Waals surface area contributed by atoms with Crippen LogP contribution in [0.4, 0.5) is 0 Å². The molecule has 1 N–H and O–H groups in total. The average Bonchev–Trinajstić information content (AvgIpc) is 3.48. The molecule has 1 fully saturated rings. The average molecular weight is 515 g/mol. The van der Waals surface area contributed by atoms with Gasteiger partial charge in [-0.2, -0.15) is 0 Å². The van der Waals surface area contributed by atoms with Gasteiger partial charge in [-0.25, -0.2) is 4.98 Å². The third kappa shape index (κ3) is 3.95. The van der Waals surface area contributed by atoms with Gasteiger partial charge in [0.15, 0.2) is 0 Å². The van der Waals surface area contributed by atoms with Gasteiger partial charge in [0, 0.05) is 43.3 Å². The predicted molar refractivity (Wildman–Crippen MR) is 135 cm³/mol. The van der Waals surface area contributed by atoms with Crippen molar-refractivity contribution >= 4 is 46.5 Å². The van der Waals surface area contributed by atoms with Crippen LogP contribution in [0.5, 0.6) is 5.75 Å². The molecule has 0 unspecified atom stereocenters. The zero-order valence-corrected chi connectivity index (χ0v) is 20.6. The first-order valence-electron chi connectivity index (χ1n) is 11.3. The lowest BCUT2D eigenvalue weighted by molar-refractivity contribution is 0.0748. The Morgan fingerprint density at radius 3 is 2.69 bits per heavy atom. The summed E-state index contributed by atoms with van der Waals surface area (Å²) in [7, 11) is 1.55. The number of benzene rings is 2. The van der Waals surface area contributed by atoms with E-state index in [0.717, 1.165) is 35.3 Å². The number of ether oxygens (including phenoxy) is 2. The van der Waals surface area contributed by atoms with Crippen molar-refractivity contribution < 1.29 is 14.3 Å². The van der Waals surface area contributed by atoms with Crippen molar-refractivity contribution in [1.29, 1.82) is 0 Å². The first kappa shape index (κ1) is 23.7. The van der Waals surface area contributed by atoms with Gasteiger partial charge in [0.2, 0.25) is 0 Å². The number of amides is 1. The number of H-pyrrole nitrogens is 1. The van der Waals surface area contributed by atoms with E-state index < -0.39 is 0 Å². The molecule has 0 atom stereocenters. The smallest absolute Gasteiger partial charge is 0.274 e. The highest BCUT2D eigenvalue weighted by Crippen LogP contribution is 2.33. The topological polar surface area (TPSA) is 88.9 Å². The molecule has 2 aromatic heterocycles. The highest BCUT2D eigenvalue weighted by atomic mass is 35.5. The summed E-state index contributed by atoms with van der Waals surface area (Å²) in [4.78, 5) is 35.7. The number of nitrogens with one attached hydrogen (secondary N) is 1. The number of aromatic amines is 1. The number of carbonyl (C=O) groups excluding carboxylic acids is 1. The van der Waals surface area contributed by atoms with Gasteiger partial charge >= 0.3 is 0 Å². The van der Waals surface area contributed by atoms with Crippen molar-refractivity contribution in [3.8, 4) is 5.75 Å². The lowest BCUT2D eigenvalue weighted by atomic mass is 9.99. The van der Waals surface area contributed by atoms with Crippen LogP contribution in [0.25, 0.3) is 16.6 Å². The van der Waals surface area contributed by atoms with Crippen molar-refractivity contribution in [2.24, 2.45) is 0 Å². The van der Waals surface area contributed by atoms with Crippen LogP contribution in [-0.2, 0) is 17.8 Å². The number of carbonyl (C=O) groups is 1. The van der Waals surface area contributed by atoms with Gasteiger partial charge in [-0.05, 0) is 42.2 Å². The largest absolute Gasteiger partial charge is 0.496 e. The van der Waals surface area contributed by atoms with Gasteiger partial charge in [-0.1, -0.05) is 17.7 Å². The third-order valence-electron chi connectivity index (χ3n) is 6.82. The van der Waals surface area contributed by atoms with Crippen LogP contribution in [0, 0.1) is 0 Å². The first-order valence-corrected chi connectivity index (χ1v) is 11.7. The summed E-state index contributed by atoms with van der Waals surface area (Å²) in [5.74, 6) is 1.32. The predicted octanol–water partition coefficient (Wildman–Crippen LogP) is 4.31. The minimum absolute atomic E-state index is 0. The molecule has 0 saturated carbocycles. The van der Waals surface area contributed by atoms with E-state index in [0.29, 0.717) is 53.7 Å². The van der Waals surface area contributed by atoms with Crippen molar-refractivity contribution in [2.75, 3.05) is 20.3 Å². The molecule has 0 aliphatic carbocycles. The maximum atomic E-state index is 13.5. The van der Waals surface area contributed by atoms with E-state index in [1.165, 1.54) is 0 Å². The molecule has 6 rings (SSSR count). The molecule has 182 valence electrons. The maximum absolute atomic E-state index is 13.5. The second kappa shape index (κ2) is 9.18. The lowest BCUT2D eigenvalue weighted by Crippen LogP contribution is -2.26. The lowest BCUT2D eigenvalue weighted by Gasteiger charge is -2.22. The summed E-state index contributed by atoms with van der Waals surface area (Å²) in [6.45, 7) is 2.32. The number of methoxy groups -OCH3 is 1. The molecule has 4 heterocycles. The SMILES string of the molecule is COc1cc2c(cc1C(=O)N1Cc3ccc(Cl)cc3C1)[nH]c(=O)c1cnc(C3CCOCC3)n12.Cl. The van der Waals surface area contributed by atoms with Crippen LogP contribution in [0.3, 0.4) is 0 Å². The van der Waals surface area contributed by atoms with Crippen LogP contribution < -0.4 is 10.3 Å². The van der Waals surface area contributed by atoms with Gasteiger partial charge < -0.3 is 19.4 Å². The highest BCUT2D eigenvalue weighted by Gasteiger charge is 2.28. The summed E-state index contributed by atoms with van der Waals surface area (Å²) in [6, 6.07) is 9.21. The Bertz CT molecular complexity index is 1510. The van der Waals surface area contributed by atoms with Gasteiger partial charge in [0.1, 0.15) is 17.1 Å². The number of hydrogen-bond donors (Lipinski definition) is 1.